The SMILES string of the molecule is CC(=Nc1c(C)cccc1C)/C(C)=C(/C)[N-]c1c(C)cccc1C.CC(=Nc1c(C)cccc1C)/C(C)=C(/C)[N-]c1c(C)cccc1C.CC(=Nc1c(C)cccc1C)/C(C)=C(/C)[N-]c1c(C)cccc1C.[Fe+2].[Fe+2].[Fe+2].[Fe].[Rb+].[Rb+].[S-2].[S-2].[S-2]. The number of nitrogens with zero attached hydrogens (tertiary/aromatic N) is 6. The van der Waals surface area contributed by atoms with Gasteiger partial charge in [-0.15, -0.1) is 17.1 Å². The monoisotopic (exact) mass is 1450 g/mol. The van der Waals surface area contributed by atoms with E-state index in [1.807, 2.05) is 0 Å². The molecule has 0 saturated heterocycles. The van der Waals surface area contributed by atoms with Gasteiger partial charge in [-0.3, -0.25) is 15.0 Å². The first-order chi connectivity index (χ1) is 33.9. The van der Waals surface area contributed by atoms with Gasteiger partial charge in [0.05, 0.1) is 17.1 Å². The molecule has 0 N–H and O–H groups in total. The molecule has 0 aliphatic rings. The zero-order valence-electron chi connectivity index (χ0n) is 52.2. The molecule has 428 valence electrons. The van der Waals surface area contributed by atoms with Crippen LogP contribution in [-0.4, -0.2) is 17.1 Å². The number of allylic oxidation sites excluding steroid dienone is 6. The van der Waals surface area contributed by atoms with Gasteiger partial charge in [-0.2, -0.15) is 17.1 Å². The van der Waals surface area contributed by atoms with Crippen LogP contribution in [0, 0.1) is 83.1 Å². The molecule has 0 radical (unpaired) electrons. The summed E-state index contributed by atoms with van der Waals surface area (Å²) in [6.45, 7) is 43.9. The van der Waals surface area contributed by atoms with E-state index in [0.717, 1.165) is 85.1 Å². The molecule has 6 nitrogen and oxygen atoms in total. The molecule has 0 aromatic heterocycles. The summed E-state index contributed by atoms with van der Waals surface area (Å²) in [5, 5.41) is 14.6. The van der Waals surface area contributed by atoms with Crippen molar-refractivity contribution in [3.05, 3.63) is 226 Å². The van der Waals surface area contributed by atoms with Crippen LogP contribution >= 0.6 is 0 Å². The fraction of sp³-hybridized carbons (Fsp3) is 0.318. The molecule has 0 aliphatic carbocycles. The van der Waals surface area contributed by atoms with Gasteiger partial charge in [0.1, 0.15) is 0 Å². The first kappa shape index (κ1) is 91.9. The van der Waals surface area contributed by atoms with Gasteiger partial charge in [-0.25, -0.2) is 0 Å². The molecule has 0 saturated carbocycles. The zero-order valence-corrected chi connectivity index (χ0v) is 68.9. The fourth-order valence-electron chi connectivity index (χ4n) is 8.19. The first-order valence-corrected chi connectivity index (χ1v) is 25.1. The van der Waals surface area contributed by atoms with Crippen LogP contribution in [0.25, 0.3) is 16.0 Å². The number of hydrogen-bond donors (Lipinski definition) is 0. The summed E-state index contributed by atoms with van der Waals surface area (Å²) >= 11 is 0. The summed E-state index contributed by atoms with van der Waals surface area (Å²) < 4.78 is 0. The minimum absolute atomic E-state index is 0. The normalized spacial score (nSPS) is 11.4. The van der Waals surface area contributed by atoms with E-state index in [1.165, 1.54) is 66.8 Å². The number of para-hydroxylation sites is 6. The van der Waals surface area contributed by atoms with E-state index in [0.29, 0.717) is 0 Å². The van der Waals surface area contributed by atoms with Crippen LogP contribution in [-0.2, 0) is 109 Å². The van der Waals surface area contributed by atoms with Crippen molar-refractivity contribution in [1.29, 1.82) is 0 Å². The fourth-order valence-corrected chi connectivity index (χ4v) is 8.19. The van der Waals surface area contributed by atoms with Crippen molar-refractivity contribution in [1.82, 2.24) is 0 Å². The van der Waals surface area contributed by atoms with Crippen molar-refractivity contribution < 1.29 is 185 Å². The molecule has 6 aromatic rings. The second-order valence-corrected chi connectivity index (χ2v) is 19.5. The number of aliphatic imine (C=N–C) groups is 3. The minimum Gasteiger partial charge on any atom is -2.00 e. The molecule has 81 heavy (non-hydrogen) atoms. The van der Waals surface area contributed by atoms with E-state index in [4.69, 9.17) is 30.9 Å². The standard InChI is InChI=1S/3C22H27N2.4Fe.2Rb.3S/c3*1-14-10-8-11-15(2)21(14)23-19(6)18(5)20(7)24-22-16(3)12-9-13-17(22)4;;;;;;;;;/h3*8-13H,1-7H3;;;;;;;;;/q3*-1;;3*+2;2*+1;3*-2/b3*19-18-,24-20?;;;;;;;;;. The van der Waals surface area contributed by atoms with Crippen LogP contribution in [0.2, 0.25) is 0 Å². The molecule has 0 atom stereocenters. The molecule has 0 amide bonds. The molecule has 15 heteroatoms. The third-order valence-corrected chi connectivity index (χ3v) is 13.6. The molecule has 0 aliphatic heterocycles. The van der Waals surface area contributed by atoms with Crippen molar-refractivity contribution in [2.45, 2.75) is 145 Å². The summed E-state index contributed by atoms with van der Waals surface area (Å²) in [7, 11) is 0. The van der Waals surface area contributed by atoms with Gasteiger partial charge in [0, 0.05) is 34.2 Å². The van der Waals surface area contributed by atoms with Gasteiger partial charge in [0.15, 0.2) is 0 Å². The third-order valence-electron chi connectivity index (χ3n) is 13.6. The Balaban J connectivity index is -0.000000247. The Hall–Kier alpha value is -0.312. The maximum Gasteiger partial charge on any atom is 2.00 e. The van der Waals surface area contributed by atoms with Gasteiger partial charge in [0.2, 0.25) is 0 Å². The Morgan fingerprint density at radius 2 is 0.407 bits per heavy atom. The van der Waals surface area contributed by atoms with Crippen molar-refractivity contribution in [2.75, 3.05) is 0 Å². The average molecular weight is 1450 g/mol. The molecular weight excluding hydrogens is 1370 g/mol. The second-order valence-electron chi connectivity index (χ2n) is 19.5. The molecule has 0 unspecified atom stereocenters. The van der Waals surface area contributed by atoms with E-state index >= 15 is 0 Å². The van der Waals surface area contributed by atoms with Crippen LogP contribution in [0.3, 0.4) is 0 Å². The molecule has 6 rings (SSSR count). The quantitative estimate of drug-likeness (QED) is 0.0864. The van der Waals surface area contributed by atoms with Crippen molar-refractivity contribution in [2.24, 2.45) is 15.0 Å². The first-order valence-electron chi connectivity index (χ1n) is 25.1. The summed E-state index contributed by atoms with van der Waals surface area (Å²) in [6, 6.07) is 37.7. The Labute approximate surface area is 651 Å². The number of aryl methyl sites for hydroxylation is 12. The smallest absolute Gasteiger partial charge is 2.00 e. The van der Waals surface area contributed by atoms with Crippen molar-refractivity contribution in [3.63, 3.8) is 0 Å². The van der Waals surface area contributed by atoms with Crippen LogP contribution in [0.15, 0.2) is 158 Å². The number of hydrogen-bond acceptors (Lipinski definition) is 3. The third kappa shape index (κ3) is 27.7. The molecule has 0 heterocycles. The maximum absolute atomic E-state index is 4.86. The van der Waals surface area contributed by atoms with E-state index in [9.17, 15) is 0 Å². The number of rotatable bonds is 12. The summed E-state index contributed by atoms with van der Waals surface area (Å²) in [6.07, 6.45) is 0. The van der Waals surface area contributed by atoms with Gasteiger partial charge in [-0.05, 0) is 175 Å². The van der Waals surface area contributed by atoms with E-state index in [2.05, 4.69) is 255 Å². The molecular formula is C66H81Fe4N6Rb2S3-. The largest absolute Gasteiger partial charge is 2.00 e. The predicted octanol–water partition coefficient (Wildman–Crippen LogP) is 15.0. The van der Waals surface area contributed by atoms with Gasteiger partial charge >= 0.3 is 168 Å². The van der Waals surface area contributed by atoms with Crippen molar-refractivity contribution in [3.8, 4) is 0 Å². The minimum atomic E-state index is 0. The van der Waals surface area contributed by atoms with Gasteiger partial charge in [-0.1, -0.05) is 163 Å². The maximum atomic E-state index is 4.86. The predicted molar refractivity (Wildman–Crippen MR) is 340 cm³/mol. The zero-order chi connectivity index (χ0) is 53.6. The van der Waals surface area contributed by atoms with Crippen molar-refractivity contribution >= 4 is 91.7 Å². The second kappa shape index (κ2) is 45.0. The van der Waals surface area contributed by atoms with E-state index in [-0.39, 0.29) is 225 Å². The topological polar surface area (TPSA) is 79.4 Å². The van der Waals surface area contributed by atoms with Gasteiger partial charge < -0.3 is 56.4 Å². The van der Waals surface area contributed by atoms with E-state index in [1.54, 1.807) is 0 Å². The summed E-state index contributed by atoms with van der Waals surface area (Å²) in [5.41, 5.74) is 30.2. The van der Waals surface area contributed by atoms with Crippen LogP contribution < -0.4 is 116 Å². The Morgan fingerprint density at radius 3 is 0.556 bits per heavy atom. The Kier molecular flexibility index (Phi) is 51.1. The molecule has 0 bridgehead atoms. The number of benzene rings is 6. The van der Waals surface area contributed by atoms with Gasteiger partial charge in [0.25, 0.3) is 0 Å². The Bertz CT molecular complexity index is 2700. The average Bonchev–Trinajstić information content (AvgIpc) is 3.33. The van der Waals surface area contributed by atoms with Crippen LogP contribution in [0.1, 0.15) is 129 Å². The molecule has 0 fully saturated rings. The molecule has 0 spiro atoms. The van der Waals surface area contributed by atoms with Crippen LogP contribution in [0.4, 0.5) is 34.1 Å². The summed E-state index contributed by atoms with van der Waals surface area (Å²) in [5.74, 6) is 0. The molecule has 6 aromatic carbocycles. The van der Waals surface area contributed by atoms with E-state index < -0.39 is 0 Å². The summed E-state index contributed by atoms with van der Waals surface area (Å²) in [4.78, 5) is 14.6. The Morgan fingerprint density at radius 1 is 0.272 bits per heavy atom. The van der Waals surface area contributed by atoms with Crippen LogP contribution in [0.5, 0.6) is 0 Å².